The van der Waals surface area contributed by atoms with Gasteiger partial charge in [0, 0.05) is 6.26 Å². The van der Waals surface area contributed by atoms with Crippen molar-refractivity contribution < 1.29 is 65.4 Å². The Balaban J connectivity index is 0. The molecule has 10 heteroatoms. The van der Waals surface area contributed by atoms with Crippen molar-refractivity contribution in [2.24, 2.45) is 0 Å². The van der Waals surface area contributed by atoms with Gasteiger partial charge >= 0.3 is 40.7 Å². The quantitative estimate of drug-likeness (QED) is 0.376. The van der Waals surface area contributed by atoms with Crippen LogP contribution in [0.1, 0.15) is 0 Å². The summed E-state index contributed by atoms with van der Waals surface area (Å²) >= 11 is 0. The zero-order valence-electron chi connectivity index (χ0n) is 7.05. The van der Waals surface area contributed by atoms with E-state index in [1.54, 1.807) is 0 Å². The Labute approximate surface area is 98.5 Å². The molecule has 0 aliphatic rings. The minimum absolute atomic E-state index is 0. The molecule has 0 N–H and O–H groups in total. The summed E-state index contributed by atoms with van der Waals surface area (Å²) in [5, 5.41) is 3.84. The molecule has 0 aliphatic carbocycles. The monoisotopic (exact) mass is 246 g/mol. The summed E-state index contributed by atoms with van der Waals surface area (Å²) < 4.78 is 68.6. The van der Waals surface area contributed by atoms with E-state index < -0.39 is 27.0 Å². The van der Waals surface area contributed by atoms with E-state index in [-0.39, 0.29) is 35.8 Å². The second kappa shape index (κ2) is 4.33. The molecule has 4 nitrogen and oxygen atoms in total. The van der Waals surface area contributed by atoms with Crippen molar-refractivity contribution >= 4 is 15.8 Å². The van der Waals surface area contributed by atoms with E-state index in [9.17, 15) is 35.9 Å². The van der Waals surface area contributed by atoms with Crippen molar-refractivity contribution in [1.82, 2.24) is 0 Å². The molecule has 0 bridgehead atoms. The zero-order valence-corrected chi connectivity index (χ0v) is 9.87. The number of carbonyl (C=O) groups is 1. The molecule has 0 saturated heterocycles. The first kappa shape index (κ1) is 16.6. The average Bonchev–Trinajstić information content (AvgIpc) is 1.84. The Morgan fingerprint density at radius 1 is 1.21 bits per heavy atom. The van der Waals surface area contributed by atoms with Gasteiger partial charge in [-0.05, 0) is 0 Å². The third kappa shape index (κ3) is 2.59. The maximum absolute atomic E-state index is 12.2. The Morgan fingerprint density at radius 2 is 1.50 bits per heavy atom. The molecule has 0 saturated carbocycles. The van der Waals surface area contributed by atoms with Crippen molar-refractivity contribution in [3.05, 3.63) is 0 Å². The predicted octanol–water partition coefficient (Wildman–Crippen LogP) is -3.99. The third-order valence-electron chi connectivity index (χ3n) is 1.09. The van der Waals surface area contributed by atoms with Crippen LogP contribution in [0.3, 0.4) is 0 Å². The maximum atomic E-state index is 12.2. The van der Waals surface area contributed by atoms with Crippen LogP contribution in [0.25, 0.3) is 0 Å². The Kier molecular flexibility index (Phi) is 5.13. The van der Waals surface area contributed by atoms with E-state index >= 15 is 0 Å². The number of alkyl halides is 4. The molecule has 78 valence electrons. The number of hydrogen-bond acceptors (Lipinski definition) is 4. The molecule has 0 radical (unpaired) electrons. The summed E-state index contributed by atoms with van der Waals surface area (Å²) in [5.41, 5.74) is 0. The van der Waals surface area contributed by atoms with E-state index in [0.717, 1.165) is 0 Å². The Bertz CT molecular complexity index is 324. The van der Waals surface area contributed by atoms with E-state index in [4.69, 9.17) is 0 Å². The second-order valence-electron chi connectivity index (χ2n) is 2.15. The van der Waals surface area contributed by atoms with Gasteiger partial charge in [0.1, 0.15) is 5.97 Å². The summed E-state index contributed by atoms with van der Waals surface area (Å²) in [6.07, 6.45) is -0.205. The van der Waals surface area contributed by atoms with Gasteiger partial charge in [0.2, 0.25) is 9.84 Å². The summed E-state index contributed by atoms with van der Waals surface area (Å²) in [6, 6.07) is 0. The van der Waals surface area contributed by atoms with Crippen LogP contribution in [0.15, 0.2) is 0 Å². The van der Waals surface area contributed by atoms with Crippen LogP contribution in [0.4, 0.5) is 17.6 Å². The van der Waals surface area contributed by atoms with Crippen LogP contribution in [-0.2, 0) is 14.6 Å². The topological polar surface area (TPSA) is 74.3 Å². The molecular formula is C4H3F4NaO4S. The van der Waals surface area contributed by atoms with Crippen molar-refractivity contribution in [2.75, 3.05) is 6.26 Å². The summed E-state index contributed by atoms with van der Waals surface area (Å²) in [7, 11) is -5.51. The van der Waals surface area contributed by atoms with Crippen LogP contribution in [0, 0.1) is 0 Å². The fraction of sp³-hybridized carbons (Fsp3) is 0.750. The van der Waals surface area contributed by atoms with Crippen molar-refractivity contribution in [3.8, 4) is 0 Å². The first-order valence-electron chi connectivity index (χ1n) is 2.61. The summed E-state index contributed by atoms with van der Waals surface area (Å²) in [5.74, 6) is -9.18. The smallest absolute Gasteiger partial charge is 0.544 e. The molecule has 0 fully saturated rings. The van der Waals surface area contributed by atoms with Gasteiger partial charge in [-0.3, -0.25) is 0 Å². The molecule has 0 atom stereocenters. The van der Waals surface area contributed by atoms with Crippen molar-refractivity contribution in [3.63, 3.8) is 0 Å². The molecule has 0 amide bonds. The Hall–Kier alpha value is 0.140. The average molecular weight is 246 g/mol. The van der Waals surface area contributed by atoms with Crippen LogP contribution >= 0.6 is 0 Å². The van der Waals surface area contributed by atoms with Crippen LogP contribution in [0.2, 0.25) is 0 Å². The fourth-order valence-corrected chi connectivity index (χ4v) is 0.901. The first-order chi connectivity index (χ1) is 5.44. The standard InChI is InChI=1S/C4H4F4O4S.Na/c1-13(11,12)4(7,8)3(5,6)2(9)10;/h1H3,(H,9,10);/q;+1/p-1. The van der Waals surface area contributed by atoms with Gasteiger partial charge in [-0.25, -0.2) is 8.42 Å². The number of hydrogen-bond donors (Lipinski definition) is 0. The summed E-state index contributed by atoms with van der Waals surface area (Å²) in [4.78, 5) is 9.51. The van der Waals surface area contributed by atoms with Gasteiger partial charge in [0.05, 0.1) is 0 Å². The molecule has 0 aromatic rings. The number of rotatable bonds is 3. The SMILES string of the molecule is CS(=O)(=O)C(F)(F)C(F)(F)C(=O)[O-].[Na+]. The molecule has 0 rings (SSSR count). The van der Waals surface area contributed by atoms with E-state index in [1.165, 1.54) is 0 Å². The van der Waals surface area contributed by atoms with Crippen LogP contribution in [-0.4, -0.2) is 31.8 Å². The van der Waals surface area contributed by atoms with Gasteiger partial charge in [0.15, 0.2) is 0 Å². The molecule has 0 heterocycles. The van der Waals surface area contributed by atoms with Crippen molar-refractivity contribution in [2.45, 2.75) is 11.2 Å². The summed E-state index contributed by atoms with van der Waals surface area (Å²) in [6.45, 7) is 0. The number of carboxylic acids is 1. The predicted molar refractivity (Wildman–Crippen MR) is 29.7 cm³/mol. The van der Waals surface area contributed by atoms with E-state index in [0.29, 0.717) is 0 Å². The number of sulfone groups is 1. The number of carbonyl (C=O) groups excluding carboxylic acids is 1. The first-order valence-corrected chi connectivity index (χ1v) is 4.50. The Morgan fingerprint density at radius 3 is 1.57 bits per heavy atom. The molecule has 14 heavy (non-hydrogen) atoms. The molecule has 0 unspecified atom stereocenters. The molecule has 0 spiro atoms. The molecule has 0 aliphatic heterocycles. The minimum atomic E-state index is -5.74. The van der Waals surface area contributed by atoms with Crippen molar-refractivity contribution in [1.29, 1.82) is 0 Å². The van der Waals surface area contributed by atoms with E-state index in [1.807, 2.05) is 0 Å². The van der Waals surface area contributed by atoms with Crippen LogP contribution in [0.5, 0.6) is 0 Å². The van der Waals surface area contributed by atoms with Gasteiger partial charge in [-0.2, -0.15) is 17.6 Å². The van der Waals surface area contributed by atoms with Gasteiger partial charge in [-0.15, -0.1) is 0 Å². The zero-order chi connectivity index (χ0) is 11.1. The van der Waals surface area contributed by atoms with Crippen LogP contribution < -0.4 is 34.7 Å². The molecule has 0 aromatic heterocycles. The normalized spacial score (nSPS) is 13.2. The van der Waals surface area contributed by atoms with Gasteiger partial charge in [-0.1, -0.05) is 0 Å². The largest absolute Gasteiger partial charge is 1.00 e. The second-order valence-corrected chi connectivity index (χ2v) is 4.21. The number of carboxylic acid groups (broad SMARTS) is 1. The minimum Gasteiger partial charge on any atom is -0.544 e. The third-order valence-corrected chi connectivity index (χ3v) is 2.28. The molecule has 0 aromatic carbocycles. The van der Waals surface area contributed by atoms with Gasteiger partial charge < -0.3 is 9.90 Å². The van der Waals surface area contributed by atoms with Gasteiger partial charge in [0.25, 0.3) is 0 Å². The number of halogens is 4. The maximum Gasteiger partial charge on any atom is 1.00 e. The fourth-order valence-electron chi connectivity index (χ4n) is 0.352. The number of aliphatic carboxylic acids is 1. The van der Waals surface area contributed by atoms with E-state index in [2.05, 4.69) is 0 Å². The molecular weight excluding hydrogens is 243 g/mol.